The maximum atomic E-state index is 9.27. The summed E-state index contributed by atoms with van der Waals surface area (Å²) in [7, 11) is 8.41. The standard InChI is InChI=1S/C48H36ClP2Te/c49-52(43-31-27-35-23-21-33-25-29-41(47(43)45(33)35)50(37-13-5-1-6-14-37)38-15-7-2-8-16-38)44-32-28-36-24-22-34-26-30-42(48(44)46(34)36)51(52,39-17-9-3-10-18-39)40-19-11-4-12-20-40/h1-20,25-32H,21-24H2/q+1. The molecule has 4 heteroatoms. The molecule has 11 rings (SSSR count). The second-order valence-corrected chi connectivity index (χ2v) is 37.5. The van der Waals surface area contributed by atoms with Crippen LogP contribution in [0.1, 0.15) is 22.3 Å². The average Bonchev–Trinajstić information content (AvgIpc) is 3.89. The van der Waals surface area contributed by atoms with Crippen LogP contribution in [0.5, 0.6) is 0 Å². The van der Waals surface area contributed by atoms with E-state index in [1.807, 2.05) is 0 Å². The van der Waals surface area contributed by atoms with Gasteiger partial charge in [0, 0.05) is 0 Å². The van der Waals surface area contributed by atoms with Crippen LogP contribution in [-0.4, -0.2) is 16.5 Å². The van der Waals surface area contributed by atoms with Crippen LogP contribution in [0.4, 0.5) is 0 Å². The Kier molecular flexibility index (Phi) is 7.39. The quantitative estimate of drug-likeness (QED) is 0.118. The molecule has 0 bridgehead atoms. The monoisotopic (exact) mass is 839 g/mol. The Balaban J connectivity index is 1.34. The molecule has 0 saturated heterocycles. The van der Waals surface area contributed by atoms with E-state index in [4.69, 9.17) is 0 Å². The molecule has 1 atom stereocenters. The fraction of sp³-hybridized carbons (Fsp3) is 0.0833. The van der Waals surface area contributed by atoms with Crippen LogP contribution in [0, 0.1) is 0 Å². The van der Waals surface area contributed by atoms with Gasteiger partial charge in [-0.1, -0.05) is 0 Å². The van der Waals surface area contributed by atoms with Crippen molar-refractivity contribution >= 4 is 98.9 Å². The van der Waals surface area contributed by atoms with Crippen molar-refractivity contribution < 1.29 is 0 Å². The third-order valence-corrected chi connectivity index (χ3v) is 44.1. The van der Waals surface area contributed by atoms with Gasteiger partial charge in [-0.3, -0.25) is 0 Å². The van der Waals surface area contributed by atoms with Crippen molar-refractivity contribution in [2.45, 2.75) is 25.7 Å². The molecule has 0 nitrogen and oxygen atoms in total. The molecule has 1 aliphatic heterocycles. The normalized spacial score (nSPS) is 17.8. The van der Waals surface area contributed by atoms with Gasteiger partial charge in [-0.25, -0.2) is 0 Å². The molecule has 1 heterocycles. The summed E-state index contributed by atoms with van der Waals surface area (Å²) < 4.78 is 2.92. The molecule has 0 unspecified atom stereocenters. The van der Waals surface area contributed by atoms with Crippen LogP contribution >= 0.6 is 21.8 Å². The summed E-state index contributed by atoms with van der Waals surface area (Å²) in [4.78, 5) is -2.41. The summed E-state index contributed by atoms with van der Waals surface area (Å²) in [6.45, 7) is 0. The van der Waals surface area contributed by atoms with Crippen LogP contribution in [0.15, 0.2) is 170 Å². The second-order valence-electron chi connectivity index (χ2n) is 14.2. The molecule has 8 aromatic rings. The van der Waals surface area contributed by atoms with Gasteiger partial charge in [0.1, 0.15) is 0 Å². The molecule has 0 N–H and O–H groups in total. The second kappa shape index (κ2) is 12.1. The molecule has 0 aromatic heterocycles. The Labute approximate surface area is 314 Å². The summed E-state index contributed by atoms with van der Waals surface area (Å²) in [6.07, 6.45) is 4.41. The van der Waals surface area contributed by atoms with E-state index in [9.17, 15) is 8.96 Å². The van der Waals surface area contributed by atoms with Gasteiger partial charge in [-0.2, -0.15) is 0 Å². The van der Waals surface area contributed by atoms with Gasteiger partial charge in [-0.05, 0) is 0 Å². The van der Waals surface area contributed by atoms with Crippen molar-refractivity contribution in [2.75, 3.05) is 0 Å². The van der Waals surface area contributed by atoms with Gasteiger partial charge in [0.25, 0.3) is 0 Å². The molecule has 3 aliphatic rings. The summed E-state index contributed by atoms with van der Waals surface area (Å²) in [5.41, 5.74) is 5.95. The number of aryl methyl sites for hydroxylation is 4. The van der Waals surface area contributed by atoms with E-state index in [-0.39, 0.29) is 0 Å². The van der Waals surface area contributed by atoms with Crippen molar-refractivity contribution in [3.63, 3.8) is 0 Å². The third kappa shape index (κ3) is 4.24. The van der Waals surface area contributed by atoms with Gasteiger partial charge >= 0.3 is 317 Å². The van der Waals surface area contributed by atoms with Gasteiger partial charge in [0.2, 0.25) is 0 Å². The Morgan fingerprint density at radius 3 is 1.31 bits per heavy atom. The van der Waals surface area contributed by atoms with Crippen molar-refractivity contribution in [3.8, 4) is 0 Å². The molecule has 0 fully saturated rings. The van der Waals surface area contributed by atoms with Gasteiger partial charge in [0.15, 0.2) is 0 Å². The van der Waals surface area contributed by atoms with Gasteiger partial charge in [-0.15, -0.1) is 0 Å². The first-order chi connectivity index (χ1) is 25.7. The van der Waals surface area contributed by atoms with Gasteiger partial charge < -0.3 is 0 Å². The zero-order valence-corrected chi connectivity index (χ0v) is 33.6. The number of hydrogen-bond acceptors (Lipinski definition) is 0. The van der Waals surface area contributed by atoms with Crippen LogP contribution in [0.2, 0.25) is 0 Å². The van der Waals surface area contributed by atoms with Crippen LogP contribution in [0.25, 0.3) is 21.5 Å². The van der Waals surface area contributed by atoms with E-state index >= 15 is 0 Å². The van der Waals surface area contributed by atoms with E-state index < -0.39 is 29.4 Å². The summed E-state index contributed by atoms with van der Waals surface area (Å²) in [5.74, 6) is 0. The third-order valence-electron chi connectivity index (χ3n) is 11.7. The molecule has 2 aliphatic carbocycles. The van der Waals surface area contributed by atoms with E-state index in [0.29, 0.717) is 0 Å². The minimum atomic E-state index is -4.09. The topological polar surface area (TPSA) is 0 Å². The Hall–Kier alpha value is -3.78. The molecular formula is C48H36ClP2Te+. The molecule has 250 valence electrons. The Morgan fingerprint density at radius 1 is 0.404 bits per heavy atom. The van der Waals surface area contributed by atoms with Crippen molar-refractivity contribution in [1.82, 2.24) is 0 Å². The fourth-order valence-electron chi connectivity index (χ4n) is 9.58. The Bertz CT molecular complexity index is 2600. The predicted octanol–water partition coefficient (Wildman–Crippen LogP) is 8.05. The zero-order valence-electron chi connectivity index (χ0n) is 28.7. The molecule has 0 amide bonds. The van der Waals surface area contributed by atoms with E-state index in [1.165, 1.54) is 82.8 Å². The van der Waals surface area contributed by atoms with E-state index in [1.54, 1.807) is 0 Å². The number of rotatable bonds is 6. The predicted molar refractivity (Wildman–Crippen MR) is 231 cm³/mol. The zero-order chi connectivity index (χ0) is 34.4. The first kappa shape index (κ1) is 31.7. The SMILES string of the molecule is Cl[Te@]1(c2ccc3c4c(ccc(P(c5ccccc5)c5ccccc5)c24)CC3)c2ccc3c4c(ccc(c24)[P+]1(c1ccccc1)c1ccccc1)CC3. The summed E-state index contributed by atoms with van der Waals surface area (Å²) in [6, 6.07) is 65.5. The van der Waals surface area contributed by atoms with Crippen molar-refractivity contribution in [1.29, 1.82) is 0 Å². The number of halogens is 1. The number of benzene rings is 8. The minimum absolute atomic E-state index is 0.854. The van der Waals surface area contributed by atoms with Crippen LogP contribution < -0.4 is 39.1 Å². The van der Waals surface area contributed by atoms with E-state index in [0.717, 1.165) is 25.7 Å². The maximum absolute atomic E-state index is 9.27. The average molecular weight is 838 g/mol. The molecule has 0 spiro atoms. The molecule has 0 saturated carbocycles. The van der Waals surface area contributed by atoms with Crippen molar-refractivity contribution in [3.05, 3.63) is 192 Å². The number of hydrogen-bond donors (Lipinski definition) is 0. The Morgan fingerprint density at radius 2 is 0.808 bits per heavy atom. The first-order valence-electron chi connectivity index (χ1n) is 18.3. The fourth-order valence-corrected chi connectivity index (χ4v) is 45.9. The molecule has 52 heavy (non-hydrogen) atoms. The summed E-state index contributed by atoms with van der Waals surface area (Å²) >= 11 is -4.09. The van der Waals surface area contributed by atoms with Gasteiger partial charge in [0.05, 0.1) is 0 Å². The van der Waals surface area contributed by atoms with Crippen LogP contribution in [-0.2, 0) is 25.7 Å². The van der Waals surface area contributed by atoms with E-state index in [2.05, 4.69) is 170 Å². The molecular weight excluding hydrogens is 802 g/mol. The molecule has 0 radical (unpaired) electrons. The summed E-state index contributed by atoms with van der Waals surface area (Å²) in [5, 5.41) is 14.5. The van der Waals surface area contributed by atoms with Crippen molar-refractivity contribution in [2.24, 2.45) is 0 Å². The first-order valence-corrected chi connectivity index (χ1v) is 29.7. The molecule has 8 aromatic carbocycles. The van der Waals surface area contributed by atoms with Crippen LogP contribution in [0.3, 0.4) is 0 Å².